The van der Waals surface area contributed by atoms with Crippen molar-refractivity contribution < 1.29 is 5.11 Å². The van der Waals surface area contributed by atoms with Crippen molar-refractivity contribution >= 4 is 0 Å². The van der Waals surface area contributed by atoms with Crippen molar-refractivity contribution in [1.29, 1.82) is 0 Å². The predicted octanol–water partition coefficient (Wildman–Crippen LogP) is 3.06. The first-order valence-electron chi connectivity index (χ1n) is 6.70. The van der Waals surface area contributed by atoms with Gasteiger partial charge in [0.05, 0.1) is 6.10 Å². The number of aliphatic hydroxyl groups is 1. The average Bonchev–Trinajstić information content (AvgIpc) is 2.16. The van der Waals surface area contributed by atoms with Crippen molar-refractivity contribution in [1.82, 2.24) is 5.32 Å². The predicted molar refractivity (Wildman–Crippen MR) is 71.6 cm³/mol. The van der Waals surface area contributed by atoms with Crippen LogP contribution in [0.2, 0.25) is 0 Å². The third-order valence-electron chi connectivity index (χ3n) is 3.29. The minimum atomic E-state index is -0.235. The van der Waals surface area contributed by atoms with Crippen LogP contribution >= 0.6 is 0 Å². The standard InChI is InChI=1S/C14H31NO/c1-7-8-12(4)9-15-10-14(5,6)13(16)11(2)3/h11-13,15-16H,7-10H2,1-6H3. The summed E-state index contributed by atoms with van der Waals surface area (Å²) in [5, 5.41) is 13.6. The molecule has 2 heteroatoms. The molecule has 2 N–H and O–H groups in total. The number of nitrogens with one attached hydrogen (secondary N) is 1. The Morgan fingerprint density at radius 1 is 1.19 bits per heavy atom. The van der Waals surface area contributed by atoms with Gasteiger partial charge in [-0.25, -0.2) is 0 Å². The Kier molecular flexibility index (Phi) is 7.25. The van der Waals surface area contributed by atoms with E-state index in [9.17, 15) is 5.11 Å². The van der Waals surface area contributed by atoms with Crippen LogP contribution < -0.4 is 5.32 Å². The SMILES string of the molecule is CCCC(C)CNCC(C)(C)C(O)C(C)C. The van der Waals surface area contributed by atoms with Crippen LogP contribution in [0.1, 0.15) is 54.4 Å². The van der Waals surface area contributed by atoms with Crippen LogP contribution in [0.5, 0.6) is 0 Å². The Bertz CT molecular complexity index is 178. The zero-order valence-corrected chi connectivity index (χ0v) is 12.0. The van der Waals surface area contributed by atoms with Crippen molar-refractivity contribution in [2.24, 2.45) is 17.3 Å². The van der Waals surface area contributed by atoms with E-state index in [1.165, 1.54) is 12.8 Å². The summed E-state index contributed by atoms with van der Waals surface area (Å²) in [6.45, 7) is 14.9. The van der Waals surface area contributed by atoms with E-state index in [4.69, 9.17) is 0 Å². The third-order valence-corrected chi connectivity index (χ3v) is 3.29. The smallest absolute Gasteiger partial charge is 0.0626 e. The highest BCUT2D eigenvalue weighted by molar-refractivity contribution is 4.82. The van der Waals surface area contributed by atoms with Crippen LogP contribution in [0.15, 0.2) is 0 Å². The van der Waals surface area contributed by atoms with Gasteiger partial charge < -0.3 is 10.4 Å². The van der Waals surface area contributed by atoms with Gasteiger partial charge in [-0.15, -0.1) is 0 Å². The normalized spacial score (nSPS) is 16.5. The Hall–Kier alpha value is -0.0800. The molecule has 0 bridgehead atoms. The molecule has 0 saturated carbocycles. The number of aliphatic hydroxyl groups excluding tert-OH is 1. The van der Waals surface area contributed by atoms with E-state index >= 15 is 0 Å². The highest BCUT2D eigenvalue weighted by atomic mass is 16.3. The molecular formula is C14H31NO. The first-order valence-corrected chi connectivity index (χ1v) is 6.70. The van der Waals surface area contributed by atoms with E-state index in [1.54, 1.807) is 0 Å². The molecule has 0 aromatic heterocycles. The molecule has 0 aliphatic heterocycles. The van der Waals surface area contributed by atoms with Gasteiger partial charge in [0.25, 0.3) is 0 Å². The van der Waals surface area contributed by atoms with Gasteiger partial charge >= 0.3 is 0 Å². The largest absolute Gasteiger partial charge is 0.392 e. The van der Waals surface area contributed by atoms with Crippen molar-refractivity contribution in [3.05, 3.63) is 0 Å². The van der Waals surface area contributed by atoms with Crippen molar-refractivity contribution in [2.75, 3.05) is 13.1 Å². The molecule has 2 unspecified atom stereocenters. The van der Waals surface area contributed by atoms with Gasteiger partial charge in [0.1, 0.15) is 0 Å². The minimum absolute atomic E-state index is 0.0416. The average molecular weight is 229 g/mol. The van der Waals surface area contributed by atoms with Gasteiger partial charge in [-0.05, 0) is 24.8 Å². The molecular weight excluding hydrogens is 198 g/mol. The lowest BCUT2D eigenvalue weighted by Crippen LogP contribution is -2.42. The molecule has 0 aliphatic carbocycles. The zero-order chi connectivity index (χ0) is 12.8. The second-order valence-corrected chi connectivity index (χ2v) is 6.20. The van der Waals surface area contributed by atoms with Crippen molar-refractivity contribution in [3.8, 4) is 0 Å². The van der Waals surface area contributed by atoms with E-state index < -0.39 is 0 Å². The molecule has 0 spiro atoms. The van der Waals surface area contributed by atoms with Crippen LogP contribution in [0.25, 0.3) is 0 Å². The monoisotopic (exact) mass is 229 g/mol. The van der Waals surface area contributed by atoms with E-state index in [1.807, 2.05) is 0 Å². The molecule has 0 fully saturated rings. The van der Waals surface area contributed by atoms with Crippen LogP contribution in [0.3, 0.4) is 0 Å². The van der Waals surface area contributed by atoms with E-state index in [-0.39, 0.29) is 11.5 Å². The van der Waals surface area contributed by atoms with Gasteiger partial charge in [0.15, 0.2) is 0 Å². The van der Waals surface area contributed by atoms with Gasteiger partial charge in [-0.1, -0.05) is 48.0 Å². The fourth-order valence-corrected chi connectivity index (χ4v) is 2.24. The summed E-state index contributed by atoms with van der Waals surface area (Å²) in [4.78, 5) is 0. The second kappa shape index (κ2) is 7.29. The lowest BCUT2D eigenvalue weighted by molar-refractivity contribution is 0.0132. The maximum Gasteiger partial charge on any atom is 0.0626 e. The molecule has 98 valence electrons. The molecule has 0 rings (SSSR count). The van der Waals surface area contributed by atoms with E-state index in [2.05, 4.69) is 46.9 Å². The molecule has 2 atom stereocenters. The molecule has 16 heavy (non-hydrogen) atoms. The summed E-state index contributed by atoms with van der Waals surface area (Å²) in [5.41, 5.74) is -0.0416. The fraction of sp³-hybridized carbons (Fsp3) is 1.00. The third kappa shape index (κ3) is 5.86. The molecule has 0 aromatic rings. The number of hydrogen-bond acceptors (Lipinski definition) is 2. The highest BCUT2D eigenvalue weighted by Gasteiger charge is 2.29. The highest BCUT2D eigenvalue weighted by Crippen LogP contribution is 2.25. The summed E-state index contributed by atoms with van der Waals surface area (Å²) in [6, 6.07) is 0. The van der Waals surface area contributed by atoms with E-state index in [0.29, 0.717) is 5.92 Å². The van der Waals surface area contributed by atoms with Crippen molar-refractivity contribution in [3.63, 3.8) is 0 Å². The summed E-state index contributed by atoms with van der Waals surface area (Å²) in [6.07, 6.45) is 2.29. The summed E-state index contributed by atoms with van der Waals surface area (Å²) in [7, 11) is 0. The first kappa shape index (κ1) is 15.9. The molecule has 2 nitrogen and oxygen atoms in total. The Labute approximate surface area is 102 Å². The number of hydrogen-bond donors (Lipinski definition) is 2. The molecule has 0 aliphatic rings. The molecule has 0 radical (unpaired) electrons. The van der Waals surface area contributed by atoms with Gasteiger partial charge in [-0.2, -0.15) is 0 Å². The Morgan fingerprint density at radius 2 is 1.75 bits per heavy atom. The Balaban J connectivity index is 3.90. The van der Waals surface area contributed by atoms with Gasteiger partial charge in [0, 0.05) is 12.0 Å². The van der Waals surface area contributed by atoms with Crippen LogP contribution in [0, 0.1) is 17.3 Å². The van der Waals surface area contributed by atoms with Gasteiger partial charge in [-0.3, -0.25) is 0 Å². The second-order valence-electron chi connectivity index (χ2n) is 6.20. The minimum Gasteiger partial charge on any atom is -0.392 e. The molecule has 0 heterocycles. The molecule has 0 aromatic carbocycles. The first-order chi connectivity index (χ1) is 7.31. The van der Waals surface area contributed by atoms with Crippen LogP contribution in [-0.4, -0.2) is 24.3 Å². The van der Waals surface area contributed by atoms with Gasteiger partial charge in [0.2, 0.25) is 0 Å². The molecule has 0 saturated heterocycles. The molecule has 0 amide bonds. The van der Waals surface area contributed by atoms with Crippen LogP contribution in [-0.2, 0) is 0 Å². The summed E-state index contributed by atoms with van der Waals surface area (Å²) in [5.74, 6) is 1.06. The summed E-state index contributed by atoms with van der Waals surface area (Å²) >= 11 is 0. The maximum atomic E-state index is 10.1. The topological polar surface area (TPSA) is 32.3 Å². The fourth-order valence-electron chi connectivity index (χ4n) is 2.24. The quantitative estimate of drug-likeness (QED) is 0.670. The zero-order valence-electron chi connectivity index (χ0n) is 12.0. The van der Waals surface area contributed by atoms with Crippen molar-refractivity contribution in [2.45, 2.75) is 60.5 Å². The Morgan fingerprint density at radius 3 is 2.19 bits per heavy atom. The lowest BCUT2D eigenvalue weighted by Gasteiger charge is -2.33. The van der Waals surface area contributed by atoms with Crippen LogP contribution in [0.4, 0.5) is 0 Å². The lowest BCUT2D eigenvalue weighted by atomic mass is 9.80. The van der Waals surface area contributed by atoms with E-state index in [0.717, 1.165) is 19.0 Å². The maximum absolute atomic E-state index is 10.1. The number of rotatable bonds is 8. The summed E-state index contributed by atoms with van der Waals surface area (Å²) < 4.78 is 0.